The molecule has 67 heavy (non-hydrogen) atoms. The average Bonchev–Trinajstić information content (AvgIpc) is 3.79. The number of aryl methyl sites for hydroxylation is 1. The summed E-state index contributed by atoms with van der Waals surface area (Å²) < 4.78 is 28.4. The minimum absolute atomic E-state index is 0.0363. The number of carbonyl (C=O) groups is 1. The molecule has 1 saturated heterocycles. The quantitative estimate of drug-likeness (QED) is 0.192. The number of allylic oxidation sites excluding steroid dienone is 3. The Labute approximate surface area is 409 Å². The first-order valence-corrected chi connectivity index (χ1v) is 26.1. The first-order chi connectivity index (χ1) is 32.1. The first-order valence-electron chi connectivity index (χ1n) is 24.7. The van der Waals surface area contributed by atoms with Gasteiger partial charge in [0.1, 0.15) is 0 Å². The number of sulfonamides is 1. The van der Waals surface area contributed by atoms with E-state index in [1.807, 2.05) is 45.0 Å². The van der Waals surface area contributed by atoms with Crippen molar-refractivity contribution in [2.75, 3.05) is 39.3 Å². The van der Waals surface area contributed by atoms with E-state index in [1.54, 1.807) is 34.6 Å². The van der Waals surface area contributed by atoms with Crippen LogP contribution in [-0.2, 0) is 16.4 Å². The van der Waals surface area contributed by atoms with Crippen LogP contribution >= 0.6 is 0 Å². The lowest BCUT2D eigenvalue weighted by molar-refractivity contribution is -0.172. The molecule has 4 saturated carbocycles. The highest BCUT2D eigenvalue weighted by Gasteiger charge is 2.65. The molecule has 0 radical (unpaired) electrons. The number of terminal acetylenes is 4. The van der Waals surface area contributed by atoms with Gasteiger partial charge in [-0.2, -0.15) is 4.31 Å². The van der Waals surface area contributed by atoms with Gasteiger partial charge in [0.25, 0.3) is 0 Å². The Hall–Kier alpha value is -4.54. The number of hydrogen-bond donors (Lipinski definition) is 2. The second kappa shape index (κ2) is 26.3. The predicted octanol–water partition coefficient (Wildman–Crippen LogP) is 12.0. The lowest BCUT2D eigenvalue weighted by Gasteiger charge is -2.68. The van der Waals surface area contributed by atoms with E-state index in [0.29, 0.717) is 34.9 Å². The molecule has 0 aromatic heterocycles. The van der Waals surface area contributed by atoms with E-state index in [4.69, 9.17) is 0 Å². The molecule has 2 N–H and O–H groups in total. The molecule has 8 rings (SSSR count). The highest BCUT2D eigenvalue weighted by molar-refractivity contribution is 7.89. The lowest BCUT2D eigenvalue weighted by Crippen LogP contribution is -2.64. The number of fused-ring (bicyclic) bond motifs is 7. The van der Waals surface area contributed by atoms with E-state index in [1.165, 1.54) is 68.9 Å². The maximum atomic E-state index is 13.4. The molecule has 2 aromatic rings. The summed E-state index contributed by atoms with van der Waals surface area (Å²) in [6.07, 6.45) is 50.3. The number of carboxylic acids is 1. The van der Waals surface area contributed by atoms with Crippen LogP contribution < -0.4 is 5.32 Å². The third-order valence-corrected chi connectivity index (χ3v) is 18.7. The molecule has 5 aliphatic carbocycles. The number of nitrogens with one attached hydrogen (secondary N) is 1. The summed E-state index contributed by atoms with van der Waals surface area (Å²) in [5.74, 6) is 2.86. The number of aromatic carboxylic acids is 1. The van der Waals surface area contributed by atoms with Gasteiger partial charge in [-0.1, -0.05) is 91.3 Å². The summed E-state index contributed by atoms with van der Waals surface area (Å²) in [6, 6.07) is 15.0. The highest BCUT2D eigenvalue weighted by Crippen LogP contribution is 2.72. The highest BCUT2D eigenvalue weighted by atomic mass is 32.2. The van der Waals surface area contributed by atoms with Gasteiger partial charge in [-0.3, -0.25) is 4.90 Å². The summed E-state index contributed by atoms with van der Waals surface area (Å²) in [5, 5.41) is 13.7. The standard InChI is InChI=1S/C46H65N3O4S.C3H6.C2H6.4C2H2/c1-6-32-9-15-35(16-10-32)54(52,53)49-30-28-48(29-31-49)27-26-47-46-22-7-8-39(46)36-17-18-41-44(4,38(36)20-25-46)24-21-40-43(2,3)37(19-23-45(40,41)5)33-11-13-34(14-12-33)42(50)51;1-3-2;5*1-2/h9-16,19,36,38-41,47H,6-8,17-18,20-31H2,1-5H3,(H,50,51);3H,1H2,2H3;1-2H3;4*1-2H/t36-,38?,39?,40?,41?,44-,45-,46-;;;;;;/m0....../s1. The molecule has 0 bridgehead atoms. The molecule has 4 unspecified atom stereocenters. The van der Waals surface area contributed by atoms with Crippen LogP contribution in [0.3, 0.4) is 0 Å². The number of hydrogen-bond acceptors (Lipinski definition) is 5. The normalized spacial score (nSPS) is 30.0. The van der Waals surface area contributed by atoms with Gasteiger partial charge in [0.05, 0.1) is 10.5 Å². The van der Waals surface area contributed by atoms with E-state index < -0.39 is 16.0 Å². The zero-order valence-corrected chi connectivity index (χ0v) is 43.3. The van der Waals surface area contributed by atoms with Gasteiger partial charge < -0.3 is 10.4 Å². The van der Waals surface area contributed by atoms with Crippen LogP contribution in [0.15, 0.2) is 72.2 Å². The summed E-state index contributed by atoms with van der Waals surface area (Å²) in [5.41, 5.74) is 5.07. The van der Waals surface area contributed by atoms with Crippen molar-refractivity contribution in [3.63, 3.8) is 0 Å². The van der Waals surface area contributed by atoms with Gasteiger partial charge in [0.2, 0.25) is 10.0 Å². The number of rotatable bonds is 9. The Balaban J connectivity index is 0.00000109. The van der Waals surface area contributed by atoms with Crippen LogP contribution in [0.5, 0.6) is 0 Å². The summed E-state index contributed by atoms with van der Waals surface area (Å²) >= 11 is 0. The predicted molar refractivity (Wildman–Crippen MR) is 284 cm³/mol. The van der Waals surface area contributed by atoms with E-state index >= 15 is 0 Å². The molecule has 0 spiro atoms. The largest absolute Gasteiger partial charge is 0.478 e. The zero-order valence-electron chi connectivity index (χ0n) is 42.5. The van der Waals surface area contributed by atoms with Crippen molar-refractivity contribution >= 4 is 21.6 Å². The maximum absolute atomic E-state index is 13.4. The van der Waals surface area contributed by atoms with Gasteiger partial charge in [-0.15, -0.1) is 58.0 Å². The van der Waals surface area contributed by atoms with Gasteiger partial charge >= 0.3 is 5.97 Å². The molecule has 1 heterocycles. The molecular formula is C59H85N3O4S. The second-order valence-corrected chi connectivity index (χ2v) is 21.6. The van der Waals surface area contributed by atoms with Crippen molar-refractivity contribution in [1.29, 1.82) is 0 Å². The molecule has 5 fully saturated rings. The lowest BCUT2D eigenvalue weighted by atomic mass is 9.37. The van der Waals surface area contributed by atoms with Crippen LogP contribution in [0.2, 0.25) is 0 Å². The molecule has 1 aliphatic heterocycles. The van der Waals surface area contributed by atoms with Crippen molar-refractivity contribution in [2.45, 2.75) is 136 Å². The molecule has 8 atom stereocenters. The smallest absolute Gasteiger partial charge is 0.335 e. The van der Waals surface area contributed by atoms with Crippen molar-refractivity contribution < 1.29 is 18.3 Å². The Bertz CT molecular complexity index is 2060. The molecule has 366 valence electrons. The zero-order chi connectivity index (χ0) is 50.8. The molecule has 2 aromatic carbocycles. The Morgan fingerprint density at radius 1 is 0.776 bits per heavy atom. The van der Waals surface area contributed by atoms with Crippen LogP contribution in [0, 0.1) is 97.2 Å². The fourth-order valence-electron chi connectivity index (χ4n) is 14.1. The van der Waals surface area contributed by atoms with Crippen LogP contribution in [0.4, 0.5) is 0 Å². The van der Waals surface area contributed by atoms with Crippen LogP contribution in [0.1, 0.15) is 141 Å². The molecule has 6 aliphatic rings. The Kier molecular flexibility index (Phi) is 23.0. The fraction of sp³-hybridized carbons (Fsp3) is 0.576. The number of benzene rings is 2. The topological polar surface area (TPSA) is 90.0 Å². The van der Waals surface area contributed by atoms with E-state index in [0.717, 1.165) is 68.3 Å². The molecule has 0 amide bonds. The molecule has 7 nitrogen and oxygen atoms in total. The van der Waals surface area contributed by atoms with Crippen molar-refractivity contribution in [3.8, 4) is 51.4 Å². The maximum Gasteiger partial charge on any atom is 0.335 e. The summed E-state index contributed by atoms with van der Waals surface area (Å²) in [4.78, 5) is 14.4. The monoisotopic (exact) mass is 932 g/mol. The Morgan fingerprint density at radius 3 is 1.91 bits per heavy atom. The van der Waals surface area contributed by atoms with Crippen molar-refractivity contribution in [2.24, 2.45) is 45.8 Å². The van der Waals surface area contributed by atoms with E-state index in [2.05, 4.69) is 109 Å². The third-order valence-electron chi connectivity index (χ3n) is 16.7. The SMILES string of the molecule is C#C.C#C.C#C.C#C.C=CC.CC.CCc1ccc(S(=O)(=O)N2CCN(CCN[C@]34CCCC3[C@H]3CCC5[C@@](C)(CCC6C(C)(C)C(c7ccc(C(=O)O)cc7)=CC[C@@]65C)C3CC4)CC2)cc1. The van der Waals surface area contributed by atoms with Crippen molar-refractivity contribution in [3.05, 3.63) is 84.0 Å². The van der Waals surface area contributed by atoms with Crippen LogP contribution in [-0.4, -0.2) is 73.5 Å². The van der Waals surface area contributed by atoms with Gasteiger partial charge in [-0.25, -0.2) is 13.2 Å². The van der Waals surface area contributed by atoms with Gasteiger partial charge in [0.15, 0.2) is 0 Å². The average molecular weight is 932 g/mol. The number of nitrogens with zero attached hydrogens (tertiary/aromatic N) is 2. The fourth-order valence-corrected chi connectivity index (χ4v) is 15.5. The first kappa shape index (κ1) is 58.6. The summed E-state index contributed by atoms with van der Waals surface area (Å²) in [7, 11) is -3.45. The summed E-state index contributed by atoms with van der Waals surface area (Å²) in [6.45, 7) is 26.3. The minimum atomic E-state index is -3.45. The van der Waals surface area contributed by atoms with E-state index in [-0.39, 0.29) is 16.4 Å². The van der Waals surface area contributed by atoms with Crippen LogP contribution in [0.25, 0.3) is 5.57 Å². The molecule has 8 heteroatoms. The Morgan fingerprint density at radius 2 is 1.36 bits per heavy atom. The van der Waals surface area contributed by atoms with Crippen molar-refractivity contribution in [1.82, 2.24) is 14.5 Å². The molecular weight excluding hydrogens is 847 g/mol. The number of piperazine rings is 1. The minimum Gasteiger partial charge on any atom is -0.478 e. The second-order valence-electron chi connectivity index (χ2n) is 19.7. The van der Waals surface area contributed by atoms with Gasteiger partial charge in [0, 0.05) is 44.8 Å². The van der Waals surface area contributed by atoms with E-state index in [9.17, 15) is 18.3 Å². The third kappa shape index (κ3) is 12.0. The van der Waals surface area contributed by atoms with Gasteiger partial charge in [-0.05, 0) is 158 Å². The number of carboxylic acid groups (broad SMARTS) is 1.